The highest BCUT2D eigenvalue weighted by Gasteiger charge is 2.18. The Morgan fingerprint density at radius 1 is 1.27 bits per heavy atom. The number of thioether (sulfide) groups is 1. The van der Waals surface area contributed by atoms with E-state index < -0.39 is 0 Å². The van der Waals surface area contributed by atoms with Crippen molar-refractivity contribution in [3.8, 4) is 22.6 Å². The zero-order valence-electron chi connectivity index (χ0n) is 18.9. The Morgan fingerprint density at radius 3 is 2.94 bits per heavy atom. The number of hydrogen-bond acceptors (Lipinski definition) is 9. The molecule has 0 aliphatic heterocycles. The summed E-state index contributed by atoms with van der Waals surface area (Å²) >= 11 is 3.47. The average molecular weight is 486 g/mol. The van der Waals surface area contributed by atoms with Crippen LogP contribution >= 0.6 is 23.1 Å². The largest absolute Gasteiger partial charge is 0.496 e. The van der Waals surface area contributed by atoms with Crippen LogP contribution in [0.5, 0.6) is 11.5 Å². The first-order chi connectivity index (χ1) is 16.1. The molecule has 3 aromatic heterocycles. The number of aromatic nitrogens is 4. The zero-order chi connectivity index (χ0) is 23.2. The molecule has 174 valence electrons. The Balaban J connectivity index is 1.64. The van der Waals surface area contributed by atoms with Crippen molar-refractivity contribution in [1.29, 1.82) is 0 Å². The van der Waals surface area contributed by atoms with Crippen LogP contribution in [0.1, 0.15) is 11.3 Å². The Bertz CT molecular complexity index is 1220. The molecular weight excluding hydrogens is 458 g/mol. The molecule has 0 amide bonds. The number of rotatable bonds is 11. The molecule has 0 bridgehead atoms. The molecule has 1 aromatic carbocycles. The third-order valence-corrected chi connectivity index (χ3v) is 6.76. The maximum Gasteiger partial charge on any atom is 0.227 e. The van der Waals surface area contributed by atoms with Gasteiger partial charge in [0.05, 0.1) is 55.2 Å². The summed E-state index contributed by atoms with van der Waals surface area (Å²) in [6.45, 7) is 3.23. The second kappa shape index (κ2) is 10.9. The molecule has 0 radical (unpaired) electrons. The van der Waals surface area contributed by atoms with Crippen LogP contribution in [-0.2, 0) is 6.54 Å². The molecule has 0 saturated carbocycles. The van der Waals surface area contributed by atoms with Crippen LogP contribution in [0.25, 0.3) is 21.3 Å². The second-order valence-corrected chi connectivity index (χ2v) is 9.58. The van der Waals surface area contributed by atoms with Crippen molar-refractivity contribution in [2.45, 2.75) is 19.9 Å². The van der Waals surface area contributed by atoms with Crippen molar-refractivity contribution in [3.05, 3.63) is 41.7 Å². The van der Waals surface area contributed by atoms with Crippen molar-refractivity contribution >= 4 is 45.0 Å². The lowest BCUT2D eigenvalue weighted by Crippen LogP contribution is -2.01. The first-order valence-corrected chi connectivity index (χ1v) is 12.8. The van der Waals surface area contributed by atoms with Crippen molar-refractivity contribution in [2.24, 2.45) is 0 Å². The number of aliphatic hydroxyl groups excluding tert-OH is 1. The van der Waals surface area contributed by atoms with Gasteiger partial charge < -0.3 is 19.9 Å². The van der Waals surface area contributed by atoms with Gasteiger partial charge in [0.15, 0.2) is 0 Å². The van der Waals surface area contributed by atoms with Gasteiger partial charge in [0.25, 0.3) is 0 Å². The lowest BCUT2D eigenvalue weighted by Gasteiger charge is -2.12. The minimum Gasteiger partial charge on any atom is -0.496 e. The summed E-state index contributed by atoms with van der Waals surface area (Å²) < 4.78 is 14.3. The van der Waals surface area contributed by atoms with E-state index in [2.05, 4.69) is 28.6 Å². The third-order valence-electron chi connectivity index (χ3n) is 5.03. The zero-order valence-corrected chi connectivity index (χ0v) is 20.5. The van der Waals surface area contributed by atoms with E-state index in [9.17, 15) is 0 Å². The number of anilines is 2. The first kappa shape index (κ1) is 23.3. The predicted octanol–water partition coefficient (Wildman–Crippen LogP) is 4.74. The van der Waals surface area contributed by atoms with E-state index in [0.717, 1.165) is 55.6 Å². The van der Waals surface area contributed by atoms with Gasteiger partial charge in [0.1, 0.15) is 11.5 Å². The minimum atomic E-state index is 0.0323. The maximum atomic E-state index is 9.08. The summed E-state index contributed by atoms with van der Waals surface area (Å²) in [4.78, 5) is 10.4. The number of nitrogens with one attached hydrogen (secondary N) is 1. The fourth-order valence-electron chi connectivity index (χ4n) is 3.53. The van der Waals surface area contributed by atoms with Crippen molar-refractivity contribution in [1.82, 2.24) is 19.7 Å². The molecule has 0 saturated heterocycles. The van der Waals surface area contributed by atoms with Crippen molar-refractivity contribution < 1.29 is 14.6 Å². The number of methoxy groups -OCH3 is 1. The average Bonchev–Trinajstić information content (AvgIpc) is 3.39. The number of nitrogens with zero attached hydrogens (tertiary/aromatic N) is 4. The first-order valence-electron chi connectivity index (χ1n) is 10.6. The van der Waals surface area contributed by atoms with Gasteiger partial charge in [-0.2, -0.15) is 16.9 Å². The fourth-order valence-corrected chi connectivity index (χ4v) is 4.92. The van der Waals surface area contributed by atoms with Crippen LogP contribution < -0.4 is 14.8 Å². The van der Waals surface area contributed by atoms with Crippen LogP contribution in [-0.4, -0.2) is 57.2 Å². The SMILES string of the molecule is COc1cc(OCCCSC)ccc1-c1c(C)sc2cnc(Nc3cnn(CCO)c3)nc12. The molecule has 8 nitrogen and oxygen atoms in total. The number of thiophene rings is 1. The van der Waals surface area contributed by atoms with E-state index in [1.807, 2.05) is 42.4 Å². The van der Waals surface area contributed by atoms with E-state index in [0.29, 0.717) is 19.1 Å². The van der Waals surface area contributed by atoms with Gasteiger partial charge in [0.2, 0.25) is 5.95 Å². The Hall–Kier alpha value is -2.82. The standard InChI is InChI=1S/C23H27N5O3S2/c1-15-21(18-6-5-17(11-19(18)30-2)31-9-4-10-32-3)22-20(33-15)13-24-23(27-22)26-16-12-25-28(14-16)7-8-29/h5-6,11-14,29H,4,7-10H2,1-3H3,(H,24,26,27). The fraction of sp³-hybridized carbons (Fsp3) is 0.348. The summed E-state index contributed by atoms with van der Waals surface area (Å²) in [5.41, 5.74) is 3.63. The second-order valence-electron chi connectivity index (χ2n) is 7.34. The molecule has 4 aromatic rings. The van der Waals surface area contributed by atoms with Crippen LogP contribution in [0.3, 0.4) is 0 Å². The number of aryl methyl sites for hydroxylation is 1. The minimum absolute atomic E-state index is 0.0323. The smallest absolute Gasteiger partial charge is 0.227 e. The summed E-state index contributed by atoms with van der Waals surface area (Å²) in [6.07, 6.45) is 8.43. The van der Waals surface area contributed by atoms with Gasteiger partial charge in [-0.1, -0.05) is 0 Å². The Kier molecular flexibility index (Phi) is 7.69. The number of hydrogen-bond donors (Lipinski definition) is 2. The highest BCUT2D eigenvalue weighted by Crippen LogP contribution is 2.42. The number of fused-ring (bicyclic) bond motifs is 1. The number of aliphatic hydroxyl groups is 1. The van der Waals surface area contributed by atoms with Gasteiger partial charge >= 0.3 is 0 Å². The van der Waals surface area contributed by atoms with Gasteiger partial charge in [-0.3, -0.25) is 4.68 Å². The lowest BCUT2D eigenvalue weighted by atomic mass is 10.0. The highest BCUT2D eigenvalue weighted by molar-refractivity contribution is 7.98. The van der Waals surface area contributed by atoms with Gasteiger partial charge in [-0.25, -0.2) is 9.97 Å². The summed E-state index contributed by atoms with van der Waals surface area (Å²) in [7, 11) is 1.67. The highest BCUT2D eigenvalue weighted by atomic mass is 32.2. The molecular formula is C23H27N5O3S2. The summed E-state index contributed by atoms with van der Waals surface area (Å²) in [5, 5.41) is 16.5. The van der Waals surface area contributed by atoms with Crippen LogP contribution in [0.15, 0.2) is 36.8 Å². The molecule has 3 heterocycles. The van der Waals surface area contributed by atoms with Gasteiger partial charge in [-0.15, -0.1) is 11.3 Å². The molecule has 0 fully saturated rings. The maximum absolute atomic E-state index is 9.08. The van der Waals surface area contributed by atoms with E-state index in [1.165, 1.54) is 0 Å². The number of benzene rings is 1. The van der Waals surface area contributed by atoms with Crippen molar-refractivity contribution in [3.63, 3.8) is 0 Å². The molecule has 4 rings (SSSR count). The number of ether oxygens (including phenoxy) is 2. The Labute approximate surface area is 201 Å². The van der Waals surface area contributed by atoms with E-state index in [1.54, 1.807) is 29.3 Å². The van der Waals surface area contributed by atoms with Crippen LogP contribution in [0, 0.1) is 6.92 Å². The lowest BCUT2D eigenvalue weighted by molar-refractivity contribution is 0.269. The third kappa shape index (κ3) is 5.40. The van der Waals surface area contributed by atoms with E-state index in [-0.39, 0.29) is 6.61 Å². The monoisotopic (exact) mass is 485 g/mol. The molecule has 0 atom stereocenters. The van der Waals surface area contributed by atoms with Crippen LogP contribution in [0.4, 0.5) is 11.6 Å². The molecule has 0 unspecified atom stereocenters. The Morgan fingerprint density at radius 2 is 2.15 bits per heavy atom. The quantitative estimate of drug-likeness (QED) is 0.294. The van der Waals surface area contributed by atoms with Crippen LogP contribution in [0.2, 0.25) is 0 Å². The summed E-state index contributed by atoms with van der Waals surface area (Å²) in [5.74, 6) is 3.11. The van der Waals surface area contributed by atoms with Crippen molar-refractivity contribution in [2.75, 3.05) is 37.6 Å². The van der Waals surface area contributed by atoms with Gasteiger partial charge in [-0.05, 0) is 37.5 Å². The van der Waals surface area contributed by atoms with E-state index >= 15 is 0 Å². The van der Waals surface area contributed by atoms with E-state index in [4.69, 9.17) is 19.6 Å². The topological polar surface area (TPSA) is 94.3 Å². The molecule has 10 heteroatoms. The molecule has 0 aliphatic carbocycles. The summed E-state index contributed by atoms with van der Waals surface area (Å²) in [6, 6.07) is 5.95. The molecule has 0 aliphatic rings. The molecule has 2 N–H and O–H groups in total. The molecule has 0 spiro atoms. The normalized spacial score (nSPS) is 11.2. The van der Waals surface area contributed by atoms with Gasteiger partial charge in [0, 0.05) is 28.3 Å². The molecule has 33 heavy (non-hydrogen) atoms. The predicted molar refractivity (Wildman–Crippen MR) is 135 cm³/mol.